The summed E-state index contributed by atoms with van der Waals surface area (Å²) >= 11 is 6.83. The van der Waals surface area contributed by atoms with Crippen molar-refractivity contribution in [3.63, 3.8) is 0 Å². The highest BCUT2D eigenvalue weighted by Crippen LogP contribution is 2.41. The van der Waals surface area contributed by atoms with Gasteiger partial charge in [-0.1, -0.05) is 15.9 Å². The second-order valence-electron chi connectivity index (χ2n) is 4.35. The van der Waals surface area contributed by atoms with Crippen LogP contribution >= 0.6 is 31.9 Å². The van der Waals surface area contributed by atoms with Crippen molar-refractivity contribution in [1.29, 1.82) is 0 Å². The minimum absolute atomic E-state index is 0.338. The number of nitrogens with two attached hydrogens (primary N) is 1. The summed E-state index contributed by atoms with van der Waals surface area (Å²) in [6, 6.07) is 7.48. The molecule has 0 saturated carbocycles. The molecule has 0 spiro atoms. The molecule has 112 valence electrons. The van der Waals surface area contributed by atoms with Gasteiger partial charge in [-0.25, -0.2) is 4.39 Å². The topological polar surface area (TPSA) is 44.5 Å². The Morgan fingerprint density at radius 1 is 1.05 bits per heavy atom. The molecule has 1 atom stereocenters. The first kappa shape index (κ1) is 16.3. The van der Waals surface area contributed by atoms with Gasteiger partial charge >= 0.3 is 0 Å². The summed E-state index contributed by atoms with van der Waals surface area (Å²) in [6.45, 7) is 0. The number of halogens is 3. The lowest BCUT2D eigenvalue weighted by molar-refractivity contribution is 0.385. The SMILES string of the molecule is COc1ccc(C(N)c2cc(F)ccc2Br)c(OC)c1Br. The fourth-order valence-electron chi connectivity index (χ4n) is 2.08. The van der Waals surface area contributed by atoms with Crippen molar-refractivity contribution >= 4 is 31.9 Å². The van der Waals surface area contributed by atoms with Gasteiger partial charge in [-0.15, -0.1) is 0 Å². The van der Waals surface area contributed by atoms with Gasteiger partial charge in [-0.3, -0.25) is 0 Å². The van der Waals surface area contributed by atoms with E-state index in [2.05, 4.69) is 31.9 Å². The van der Waals surface area contributed by atoms with E-state index in [9.17, 15) is 4.39 Å². The third-order valence-corrected chi connectivity index (χ3v) is 4.62. The van der Waals surface area contributed by atoms with E-state index in [0.29, 0.717) is 21.5 Å². The highest BCUT2D eigenvalue weighted by atomic mass is 79.9. The average molecular weight is 419 g/mol. The van der Waals surface area contributed by atoms with E-state index in [1.54, 1.807) is 26.4 Å². The Bertz CT molecular complexity index is 664. The summed E-state index contributed by atoms with van der Waals surface area (Å²) in [4.78, 5) is 0. The van der Waals surface area contributed by atoms with Crippen molar-refractivity contribution in [1.82, 2.24) is 0 Å². The molecule has 0 aliphatic carbocycles. The van der Waals surface area contributed by atoms with Crippen LogP contribution in [0.15, 0.2) is 39.3 Å². The molecule has 1 unspecified atom stereocenters. The van der Waals surface area contributed by atoms with Gasteiger partial charge in [0.15, 0.2) is 0 Å². The number of methoxy groups -OCH3 is 2. The van der Waals surface area contributed by atoms with Crippen molar-refractivity contribution in [2.24, 2.45) is 5.73 Å². The fraction of sp³-hybridized carbons (Fsp3) is 0.200. The summed E-state index contributed by atoms with van der Waals surface area (Å²) in [5.74, 6) is 0.870. The van der Waals surface area contributed by atoms with E-state index in [1.165, 1.54) is 12.1 Å². The zero-order chi connectivity index (χ0) is 15.6. The van der Waals surface area contributed by atoms with Crippen molar-refractivity contribution in [3.05, 3.63) is 56.2 Å². The standard InChI is InChI=1S/C15H14Br2FNO2/c1-20-12-6-4-9(15(21-2)13(12)17)14(19)10-7-8(18)3-5-11(10)16/h3-7,14H,19H2,1-2H3. The molecule has 2 N–H and O–H groups in total. The smallest absolute Gasteiger partial charge is 0.141 e. The third-order valence-electron chi connectivity index (χ3n) is 3.14. The zero-order valence-electron chi connectivity index (χ0n) is 11.5. The summed E-state index contributed by atoms with van der Waals surface area (Å²) in [5, 5.41) is 0. The number of benzene rings is 2. The highest BCUT2D eigenvalue weighted by molar-refractivity contribution is 9.11. The van der Waals surface area contributed by atoms with Gasteiger partial charge in [-0.2, -0.15) is 0 Å². The number of hydrogen-bond donors (Lipinski definition) is 1. The molecule has 0 aliphatic heterocycles. The van der Waals surface area contributed by atoms with Gasteiger partial charge in [0.1, 0.15) is 21.8 Å². The van der Waals surface area contributed by atoms with Crippen LogP contribution in [0.25, 0.3) is 0 Å². The Balaban J connectivity index is 2.55. The van der Waals surface area contributed by atoms with Gasteiger partial charge < -0.3 is 15.2 Å². The maximum atomic E-state index is 13.5. The summed E-state index contributed by atoms with van der Waals surface area (Å²) in [5.41, 5.74) is 7.66. The Labute approximate surface area is 139 Å². The summed E-state index contributed by atoms with van der Waals surface area (Å²) in [7, 11) is 3.12. The third kappa shape index (κ3) is 3.22. The van der Waals surface area contributed by atoms with E-state index >= 15 is 0 Å². The summed E-state index contributed by atoms with van der Waals surface area (Å²) in [6.07, 6.45) is 0. The Kier molecular flexibility index (Phi) is 5.24. The van der Waals surface area contributed by atoms with Crippen LogP contribution in [0.1, 0.15) is 17.2 Å². The van der Waals surface area contributed by atoms with E-state index in [1.807, 2.05) is 6.07 Å². The quantitative estimate of drug-likeness (QED) is 0.799. The van der Waals surface area contributed by atoms with E-state index in [4.69, 9.17) is 15.2 Å². The number of hydrogen-bond acceptors (Lipinski definition) is 3. The Hall–Kier alpha value is -1.11. The molecular formula is C15H14Br2FNO2. The lowest BCUT2D eigenvalue weighted by atomic mass is 9.98. The van der Waals surface area contributed by atoms with Crippen LogP contribution in [0.2, 0.25) is 0 Å². The fourth-order valence-corrected chi connectivity index (χ4v) is 3.26. The molecule has 0 saturated heterocycles. The van der Waals surface area contributed by atoms with Gasteiger partial charge in [-0.05, 0) is 51.8 Å². The van der Waals surface area contributed by atoms with E-state index in [0.717, 1.165) is 10.0 Å². The summed E-state index contributed by atoms with van der Waals surface area (Å²) < 4.78 is 25.5. The molecule has 2 rings (SSSR count). The van der Waals surface area contributed by atoms with Crippen molar-refractivity contribution in [2.75, 3.05) is 14.2 Å². The van der Waals surface area contributed by atoms with Crippen LogP contribution in [-0.4, -0.2) is 14.2 Å². The van der Waals surface area contributed by atoms with Crippen molar-refractivity contribution < 1.29 is 13.9 Å². The van der Waals surface area contributed by atoms with E-state index in [-0.39, 0.29) is 5.82 Å². The normalized spacial score (nSPS) is 12.1. The molecule has 0 aromatic heterocycles. The average Bonchev–Trinajstić information content (AvgIpc) is 2.48. The maximum Gasteiger partial charge on any atom is 0.141 e. The number of ether oxygens (including phenoxy) is 2. The molecule has 2 aromatic rings. The molecule has 0 radical (unpaired) electrons. The zero-order valence-corrected chi connectivity index (χ0v) is 14.7. The molecular weight excluding hydrogens is 405 g/mol. The second kappa shape index (κ2) is 6.77. The van der Waals surface area contributed by atoms with Crippen LogP contribution < -0.4 is 15.2 Å². The molecule has 6 heteroatoms. The predicted molar refractivity (Wildman–Crippen MR) is 87.4 cm³/mol. The predicted octanol–water partition coefficient (Wildman–Crippen LogP) is 4.42. The van der Waals surface area contributed by atoms with Gasteiger partial charge in [0, 0.05) is 10.0 Å². The molecule has 0 heterocycles. The monoisotopic (exact) mass is 417 g/mol. The molecule has 0 aliphatic rings. The first-order chi connectivity index (χ1) is 9.99. The van der Waals surface area contributed by atoms with Crippen LogP contribution in [-0.2, 0) is 0 Å². The largest absolute Gasteiger partial charge is 0.495 e. The van der Waals surface area contributed by atoms with Gasteiger partial charge in [0.05, 0.1) is 20.3 Å². The Morgan fingerprint density at radius 3 is 2.38 bits per heavy atom. The lowest BCUT2D eigenvalue weighted by Gasteiger charge is -2.19. The number of rotatable bonds is 4. The molecule has 0 bridgehead atoms. The first-order valence-electron chi connectivity index (χ1n) is 6.10. The molecule has 2 aromatic carbocycles. The molecule has 0 amide bonds. The van der Waals surface area contributed by atoms with Crippen LogP contribution in [0, 0.1) is 5.82 Å². The minimum Gasteiger partial charge on any atom is -0.495 e. The van der Waals surface area contributed by atoms with Crippen molar-refractivity contribution in [3.8, 4) is 11.5 Å². The molecule has 0 fully saturated rings. The van der Waals surface area contributed by atoms with Crippen molar-refractivity contribution in [2.45, 2.75) is 6.04 Å². The van der Waals surface area contributed by atoms with Crippen LogP contribution in [0.5, 0.6) is 11.5 Å². The van der Waals surface area contributed by atoms with Gasteiger partial charge in [0.2, 0.25) is 0 Å². The molecule has 3 nitrogen and oxygen atoms in total. The first-order valence-corrected chi connectivity index (χ1v) is 7.69. The maximum absolute atomic E-state index is 13.5. The minimum atomic E-state index is -0.535. The highest BCUT2D eigenvalue weighted by Gasteiger charge is 2.21. The second-order valence-corrected chi connectivity index (χ2v) is 6.00. The van der Waals surface area contributed by atoms with Gasteiger partial charge in [0.25, 0.3) is 0 Å². The van der Waals surface area contributed by atoms with Crippen LogP contribution in [0.4, 0.5) is 4.39 Å². The van der Waals surface area contributed by atoms with E-state index < -0.39 is 6.04 Å². The van der Waals surface area contributed by atoms with Crippen LogP contribution in [0.3, 0.4) is 0 Å². The molecule has 21 heavy (non-hydrogen) atoms. The lowest BCUT2D eigenvalue weighted by Crippen LogP contribution is -2.14. The Morgan fingerprint density at radius 2 is 1.76 bits per heavy atom.